The van der Waals surface area contributed by atoms with Crippen molar-refractivity contribution < 1.29 is 9.53 Å². The fourth-order valence-corrected chi connectivity index (χ4v) is 4.32. The zero-order valence-corrected chi connectivity index (χ0v) is 17.1. The molecule has 0 radical (unpaired) electrons. The maximum Gasteiger partial charge on any atom is 0.222 e. The molecule has 0 aromatic heterocycles. The van der Waals surface area contributed by atoms with Crippen molar-refractivity contribution in [3.05, 3.63) is 0 Å². The molecule has 3 fully saturated rings. The largest absolute Gasteiger partial charge is 0.381 e. The third-order valence-corrected chi connectivity index (χ3v) is 6.01. The summed E-state index contributed by atoms with van der Waals surface area (Å²) < 4.78 is 5.45. The Balaban J connectivity index is 0.00000156. The van der Waals surface area contributed by atoms with Crippen LogP contribution in [0.5, 0.6) is 0 Å². The Morgan fingerprint density at radius 3 is 2.40 bits per heavy atom. The Hall–Kier alpha value is -0.0700. The molecule has 0 aromatic rings. The number of hydrogen-bond donors (Lipinski definition) is 1. The molecule has 2 unspecified atom stereocenters. The summed E-state index contributed by atoms with van der Waals surface area (Å²) in [4.78, 5) is 17.3. The smallest absolute Gasteiger partial charge is 0.222 e. The maximum atomic E-state index is 12.6. The number of nitrogens with zero attached hydrogens (tertiary/aromatic N) is 2. The minimum Gasteiger partial charge on any atom is -0.381 e. The predicted molar refractivity (Wildman–Crippen MR) is 106 cm³/mol. The van der Waals surface area contributed by atoms with Crippen molar-refractivity contribution in [2.24, 2.45) is 11.8 Å². The van der Waals surface area contributed by atoms with Gasteiger partial charge in [0.05, 0.1) is 0 Å². The Bertz CT molecular complexity index is 381. The summed E-state index contributed by atoms with van der Waals surface area (Å²) in [6.45, 7) is 10.2. The van der Waals surface area contributed by atoms with Crippen molar-refractivity contribution in [3.63, 3.8) is 0 Å². The van der Waals surface area contributed by atoms with Crippen LogP contribution >= 0.6 is 24.8 Å². The molecule has 0 aromatic carbocycles. The lowest BCUT2D eigenvalue weighted by Gasteiger charge is -2.41. The number of ether oxygens (including phenoxy) is 1. The van der Waals surface area contributed by atoms with Crippen LogP contribution in [0.1, 0.15) is 39.0 Å². The Labute approximate surface area is 165 Å². The number of carbonyl (C=O) groups excluding carboxylic acids is 1. The van der Waals surface area contributed by atoms with Gasteiger partial charge >= 0.3 is 0 Å². The molecule has 3 aliphatic rings. The molecule has 0 saturated carbocycles. The average Bonchev–Trinajstić information content (AvgIpc) is 2.63. The molecule has 25 heavy (non-hydrogen) atoms. The highest BCUT2D eigenvalue weighted by atomic mass is 35.5. The molecule has 3 rings (SSSR count). The highest BCUT2D eigenvalue weighted by Crippen LogP contribution is 2.24. The molecule has 148 valence electrons. The molecule has 3 aliphatic heterocycles. The second kappa shape index (κ2) is 11.6. The molecule has 3 heterocycles. The van der Waals surface area contributed by atoms with E-state index in [-0.39, 0.29) is 24.8 Å². The van der Waals surface area contributed by atoms with E-state index >= 15 is 0 Å². The molecule has 7 heteroatoms. The summed E-state index contributed by atoms with van der Waals surface area (Å²) in [6.07, 6.45) is 5.56. The predicted octanol–water partition coefficient (Wildman–Crippen LogP) is 2.18. The van der Waals surface area contributed by atoms with Crippen LogP contribution in [0.3, 0.4) is 0 Å². The van der Waals surface area contributed by atoms with E-state index in [0.717, 1.165) is 71.7 Å². The quantitative estimate of drug-likeness (QED) is 0.791. The lowest BCUT2D eigenvalue weighted by atomic mass is 9.85. The summed E-state index contributed by atoms with van der Waals surface area (Å²) in [5, 5.41) is 3.47. The van der Waals surface area contributed by atoms with Gasteiger partial charge in [0, 0.05) is 51.9 Å². The highest BCUT2D eigenvalue weighted by molar-refractivity contribution is 5.85. The van der Waals surface area contributed by atoms with Crippen molar-refractivity contribution in [3.8, 4) is 0 Å². The molecule has 0 bridgehead atoms. The van der Waals surface area contributed by atoms with Crippen molar-refractivity contribution >= 4 is 30.7 Å². The average molecular weight is 396 g/mol. The Kier molecular flexibility index (Phi) is 10.7. The molecular weight excluding hydrogens is 361 g/mol. The monoisotopic (exact) mass is 395 g/mol. The number of hydrogen-bond acceptors (Lipinski definition) is 4. The van der Waals surface area contributed by atoms with E-state index in [1.54, 1.807) is 0 Å². The molecule has 0 spiro atoms. The number of nitrogens with one attached hydrogen (secondary N) is 1. The first-order valence-corrected chi connectivity index (χ1v) is 9.54. The SMILES string of the molecule is CC(CC(=O)N1CCN(C2CCOCC2)CC1)C1CCCNC1.Cl.Cl. The number of halogens is 2. The van der Waals surface area contributed by atoms with E-state index in [1.165, 1.54) is 12.8 Å². The topological polar surface area (TPSA) is 44.8 Å². The van der Waals surface area contributed by atoms with Crippen molar-refractivity contribution in [2.45, 2.75) is 45.1 Å². The lowest BCUT2D eigenvalue weighted by Crippen LogP contribution is -2.53. The summed E-state index contributed by atoms with van der Waals surface area (Å²) >= 11 is 0. The van der Waals surface area contributed by atoms with E-state index in [4.69, 9.17) is 4.74 Å². The van der Waals surface area contributed by atoms with Crippen molar-refractivity contribution in [1.82, 2.24) is 15.1 Å². The van der Waals surface area contributed by atoms with Crippen LogP contribution in [0.2, 0.25) is 0 Å². The molecule has 0 aliphatic carbocycles. The first kappa shape index (κ1) is 23.0. The number of amides is 1. The van der Waals surface area contributed by atoms with Crippen LogP contribution in [-0.4, -0.2) is 74.2 Å². The maximum absolute atomic E-state index is 12.6. The summed E-state index contributed by atoms with van der Waals surface area (Å²) in [7, 11) is 0. The third kappa shape index (κ3) is 6.55. The van der Waals surface area contributed by atoms with Gasteiger partial charge in [0.1, 0.15) is 0 Å². The van der Waals surface area contributed by atoms with E-state index in [1.807, 2.05) is 0 Å². The van der Waals surface area contributed by atoms with Gasteiger partial charge in [0.15, 0.2) is 0 Å². The minimum atomic E-state index is 0. The van der Waals surface area contributed by atoms with E-state index in [2.05, 4.69) is 22.0 Å². The summed E-state index contributed by atoms with van der Waals surface area (Å²) in [5.41, 5.74) is 0. The van der Waals surface area contributed by atoms with Gasteiger partial charge in [-0.15, -0.1) is 24.8 Å². The Morgan fingerprint density at radius 1 is 1.12 bits per heavy atom. The van der Waals surface area contributed by atoms with Gasteiger partial charge in [-0.3, -0.25) is 9.69 Å². The standard InChI is InChI=1S/C18H33N3O2.2ClH/c1-15(16-3-2-6-19-14-16)13-18(22)21-9-7-20(8-10-21)17-4-11-23-12-5-17;;/h15-17,19H,2-14H2,1H3;2*1H. The normalized spacial score (nSPS) is 27.1. The van der Waals surface area contributed by atoms with E-state index < -0.39 is 0 Å². The molecular formula is C18H35Cl2N3O2. The first-order chi connectivity index (χ1) is 11.2. The number of carbonyl (C=O) groups is 1. The van der Waals surface area contributed by atoms with E-state index in [0.29, 0.717) is 23.8 Å². The van der Waals surface area contributed by atoms with E-state index in [9.17, 15) is 4.79 Å². The van der Waals surface area contributed by atoms with Gasteiger partial charge < -0.3 is 15.0 Å². The summed E-state index contributed by atoms with van der Waals surface area (Å²) in [5.74, 6) is 1.55. The second-order valence-electron chi connectivity index (χ2n) is 7.55. The van der Waals surface area contributed by atoms with Crippen molar-refractivity contribution in [1.29, 1.82) is 0 Å². The van der Waals surface area contributed by atoms with Crippen molar-refractivity contribution in [2.75, 3.05) is 52.5 Å². The van der Waals surface area contributed by atoms with Crippen LogP contribution < -0.4 is 5.32 Å². The number of piperazine rings is 1. The molecule has 3 saturated heterocycles. The van der Waals surface area contributed by atoms with Gasteiger partial charge in [-0.2, -0.15) is 0 Å². The molecule has 1 N–H and O–H groups in total. The van der Waals surface area contributed by atoms with Crippen LogP contribution in [0.15, 0.2) is 0 Å². The molecule has 5 nitrogen and oxygen atoms in total. The third-order valence-electron chi connectivity index (χ3n) is 6.01. The first-order valence-electron chi connectivity index (χ1n) is 9.54. The fourth-order valence-electron chi connectivity index (χ4n) is 4.32. The molecule has 1 amide bonds. The van der Waals surface area contributed by atoms with Gasteiger partial charge in [-0.05, 0) is 50.6 Å². The van der Waals surface area contributed by atoms with Crippen LogP contribution in [0, 0.1) is 11.8 Å². The van der Waals surface area contributed by atoms with Gasteiger partial charge in [-0.1, -0.05) is 6.92 Å². The fraction of sp³-hybridized carbons (Fsp3) is 0.944. The number of piperidine rings is 1. The zero-order valence-electron chi connectivity index (χ0n) is 15.5. The lowest BCUT2D eigenvalue weighted by molar-refractivity contribution is -0.135. The highest BCUT2D eigenvalue weighted by Gasteiger charge is 2.29. The van der Waals surface area contributed by atoms with Gasteiger partial charge in [-0.25, -0.2) is 0 Å². The van der Waals surface area contributed by atoms with Gasteiger partial charge in [0.25, 0.3) is 0 Å². The second-order valence-corrected chi connectivity index (χ2v) is 7.55. The van der Waals surface area contributed by atoms with Crippen LogP contribution in [-0.2, 0) is 9.53 Å². The van der Waals surface area contributed by atoms with Crippen LogP contribution in [0.4, 0.5) is 0 Å². The zero-order chi connectivity index (χ0) is 16.1. The number of rotatable bonds is 4. The molecule has 2 atom stereocenters. The Morgan fingerprint density at radius 2 is 1.80 bits per heavy atom. The van der Waals surface area contributed by atoms with Crippen LogP contribution in [0.25, 0.3) is 0 Å². The summed E-state index contributed by atoms with van der Waals surface area (Å²) in [6, 6.07) is 0.674. The minimum absolute atomic E-state index is 0. The van der Waals surface area contributed by atoms with Gasteiger partial charge in [0.2, 0.25) is 5.91 Å².